The van der Waals surface area contributed by atoms with E-state index >= 15 is 0 Å². The normalized spacial score (nSPS) is 40.8. The van der Waals surface area contributed by atoms with Gasteiger partial charge in [-0.1, -0.05) is 62.8 Å². The van der Waals surface area contributed by atoms with Gasteiger partial charge in [0.2, 0.25) is 0 Å². The molecule has 8 fully saturated rings. The molecule has 0 aromatic carbocycles. The summed E-state index contributed by atoms with van der Waals surface area (Å²) >= 11 is 0. The minimum Gasteiger partial charge on any atom is -0.381 e. The van der Waals surface area contributed by atoms with E-state index in [2.05, 4.69) is 34.1 Å². The molecule has 8 aliphatic carbocycles. The van der Waals surface area contributed by atoms with Crippen molar-refractivity contribution in [3.63, 3.8) is 0 Å². The fourth-order valence-electron chi connectivity index (χ4n) is 15.1. The Hall–Kier alpha value is -0.680. The van der Waals surface area contributed by atoms with Gasteiger partial charge in [-0.15, -0.1) is 0 Å². The Morgan fingerprint density at radius 3 is 0.793 bits per heavy atom. The van der Waals surface area contributed by atoms with Gasteiger partial charge < -0.3 is 9.47 Å². The molecular weight excluding hydrogens is 709 g/mol. The fraction of sp³-hybridized carbons (Fsp3) is 0.926. The number of ether oxygens (including phenoxy) is 2. The zero-order valence-corrected chi connectivity index (χ0v) is 38.1. The molecule has 0 aromatic heterocycles. The van der Waals surface area contributed by atoms with Crippen molar-refractivity contribution >= 4 is 0 Å². The molecule has 330 valence electrons. The van der Waals surface area contributed by atoms with E-state index in [-0.39, 0.29) is 0 Å². The van der Waals surface area contributed by atoms with Gasteiger partial charge in [0, 0.05) is 50.5 Å². The van der Waals surface area contributed by atoms with E-state index < -0.39 is 0 Å². The predicted molar refractivity (Wildman–Crippen MR) is 244 cm³/mol. The Morgan fingerprint density at radius 2 is 0.517 bits per heavy atom. The number of rotatable bonds is 13. The highest BCUT2D eigenvalue weighted by atomic mass is 16.5. The van der Waals surface area contributed by atoms with Gasteiger partial charge in [-0.3, -0.25) is 9.80 Å². The summed E-state index contributed by atoms with van der Waals surface area (Å²) in [5.74, 6) is 5.30. The monoisotopic (exact) mass is 801 g/mol. The summed E-state index contributed by atoms with van der Waals surface area (Å²) in [6, 6.07) is 5.25. The van der Waals surface area contributed by atoms with Crippen LogP contribution in [0.4, 0.5) is 0 Å². The van der Waals surface area contributed by atoms with Gasteiger partial charge >= 0.3 is 0 Å². The lowest BCUT2D eigenvalue weighted by Gasteiger charge is -2.51. The maximum Gasteiger partial charge on any atom is 0.0571 e. The van der Waals surface area contributed by atoms with E-state index in [0.717, 1.165) is 71.8 Å². The Bertz CT molecular complexity index is 1100. The molecular formula is C54H92N2O2. The third kappa shape index (κ3) is 11.9. The second kappa shape index (κ2) is 22.6. The van der Waals surface area contributed by atoms with Crippen LogP contribution in [0.3, 0.4) is 0 Å². The van der Waals surface area contributed by atoms with Gasteiger partial charge in [0.15, 0.2) is 0 Å². The largest absolute Gasteiger partial charge is 0.381 e. The number of methoxy groups -OCH3 is 2. The van der Waals surface area contributed by atoms with Gasteiger partial charge in [-0.25, -0.2) is 0 Å². The molecule has 8 rings (SSSR count). The van der Waals surface area contributed by atoms with Crippen LogP contribution in [0, 0.1) is 35.5 Å². The smallest absolute Gasteiger partial charge is 0.0571 e. The van der Waals surface area contributed by atoms with Gasteiger partial charge in [-0.2, -0.15) is 0 Å². The number of hydrogen-bond donors (Lipinski definition) is 0. The zero-order valence-electron chi connectivity index (χ0n) is 38.1. The standard InChI is InChI=1S/C54H92N2O2/c1-57-53-37-21-43(22-38-53)15-13-41-17-29-49(30-18-41)55(47-9-5-3-6-10-47)51-33-25-45(26-34-51)46-27-35-52(36-28-46)56(48-11-7-4-8-12-48)50-31-19-42(20-32-50)14-16-44-23-39-54(58-2)40-24-44/h13-16,41-54H,3-12,17-40H2,1-2H3/b15-13+,16-14+. The molecule has 0 amide bonds. The molecule has 0 aliphatic heterocycles. The molecule has 0 heterocycles. The van der Waals surface area contributed by atoms with E-state index in [1.54, 1.807) is 0 Å². The molecule has 0 aromatic rings. The first-order chi connectivity index (χ1) is 28.6. The molecule has 0 atom stereocenters. The number of nitrogens with zero attached hydrogens (tertiary/aromatic N) is 2. The highest BCUT2D eigenvalue weighted by Gasteiger charge is 2.41. The van der Waals surface area contributed by atoms with Crippen LogP contribution in [0.5, 0.6) is 0 Å². The molecule has 0 saturated heterocycles. The van der Waals surface area contributed by atoms with Crippen LogP contribution in [0.1, 0.15) is 218 Å². The van der Waals surface area contributed by atoms with Crippen molar-refractivity contribution in [2.75, 3.05) is 14.2 Å². The minimum atomic E-state index is 0.517. The van der Waals surface area contributed by atoms with Gasteiger partial charge in [0.05, 0.1) is 12.2 Å². The van der Waals surface area contributed by atoms with Crippen molar-refractivity contribution in [3.05, 3.63) is 24.3 Å². The lowest BCUT2D eigenvalue weighted by atomic mass is 9.70. The van der Waals surface area contributed by atoms with Crippen molar-refractivity contribution < 1.29 is 9.47 Å². The molecule has 58 heavy (non-hydrogen) atoms. The van der Waals surface area contributed by atoms with Crippen molar-refractivity contribution in [1.82, 2.24) is 9.80 Å². The molecule has 0 radical (unpaired) electrons. The molecule has 0 bridgehead atoms. The zero-order chi connectivity index (χ0) is 39.5. The summed E-state index contributed by atoms with van der Waals surface area (Å²) in [4.78, 5) is 6.47. The maximum absolute atomic E-state index is 5.64. The number of allylic oxidation sites excluding steroid dienone is 4. The van der Waals surface area contributed by atoms with Crippen molar-refractivity contribution in [3.8, 4) is 0 Å². The van der Waals surface area contributed by atoms with E-state index in [4.69, 9.17) is 9.47 Å². The minimum absolute atomic E-state index is 0.517. The lowest BCUT2D eigenvalue weighted by Crippen LogP contribution is -2.53. The molecule has 0 unspecified atom stereocenters. The fourth-order valence-corrected chi connectivity index (χ4v) is 15.1. The second-order valence-electron chi connectivity index (χ2n) is 22.1. The Labute approximate surface area is 358 Å². The van der Waals surface area contributed by atoms with Crippen LogP contribution in [0.15, 0.2) is 24.3 Å². The predicted octanol–water partition coefficient (Wildman–Crippen LogP) is 14.0. The molecule has 4 nitrogen and oxygen atoms in total. The van der Waals surface area contributed by atoms with E-state index in [1.807, 2.05) is 14.2 Å². The summed E-state index contributed by atoms with van der Waals surface area (Å²) in [5, 5.41) is 0. The maximum atomic E-state index is 5.64. The Balaban J connectivity index is 0.803. The summed E-state index contributed by atoms with van der Waals surface area (Å²) in [6.45, 7) is 0. The molecule has 8 aliphatic rings. The summed E-state index contributed by atoms with van der Waals surface area (Å²) < 4.78 is 11.3. The molecule has 0 spiro atoms. The van der Waals surface area contributed by atoms with Crippen molar-refractivity contribution in [1.29, 1.82) is 0 Å². The van der Waals surface area contributed by atoms with E-state index in [1.165, 1.54) is 218 Å². The van der Waals surface area contributed by atoms with Crippen LogP contribution < -0.4 is 0 Å². The first kappa shape index (κ1) is 43.9. The van der Waals surface area contributed by atoms with Gasteiger partial charge in [0.25, 0.3) is 0 Å². The molecule has 0 N–H and O–H groups in total. The van der Waals surface area contributed by atoms with E-state index in [9.17, 15) is 0 Å². The highest BCUT2D eigenvalue weighted by Crippen LogP contribution is 2.45. The average Bonchev–Trinajstić information content (AvgIpc) is 3.30. The first-order valence-corrected chi connectivity index (χ1v) is 26.6. The highest BCUT2D eigenvalue weighted by molar-refractivity contribution is 5.01. The Morgan fingerprint density at radius 1 is 0.276 bits per heavy atom. The lowest BCUT2D eigenvalue weighted by molar-refractivity contribution is -0.00739. The van der Waals surface area contributed by atoms with Crippen LogP contribution in [-0.4, -0.2) is 72.5 Å². The third-order valence-electron chi connectivity index (χ3n) is 18.7. The number of hydrogen-bond acceptors (Lipinski definition) is 4. The van der Waals surface area contributed by atoms with Gasteiger partial charge in [-0.05, 0) is 215 Å². The van der Waals surface area contributed by atoms with Crippen LogP contribution in [-0.2, 0) is 9.47 Å². The summed E-state index contributed by atoms with van der Waals surface area (Å²) in [6.07, 6.45) is 60.6. The van der Waals surface area contributed by atoms with Crippen molar-refractivity contribution in [2.45, 2.75) is 267 Å². The molecule has 4 heteroatoms. The SMILES string of the molecule is COC1CCC(/C=C/C2CCC(N(C3CCCCC3)C3CCC(C4CCC(N(C5CCCCC5)C5CCC(/C=C/C6CCC(OC)CC6)CC5)CC4)CC3)CC2)CC1. The summed E-state index contributed by atoms with van der Waals surface area (Å²) in [5.41, 5.74) is 0. The van der Waals surface area contributed by atoms with Crippen molar-refractivity contribution in [2.24, 2.45) is 35.5 Å². The van der Waals surface area contributed by atoms with E-state index in [0.29, 0.717) is 12.2 Å². The quantitative estimate of drug-likeness (QED) is 0.173. The second-order valence-corrected chi connectivity index (χ2v) is 22.1. The average molecular weight is 801 g/mol. The van der Waals surface area contributed by atoms with Gasteiger partial charge in [0.1, 0.15) is 0 Å². The first-order valence-electron chi connectivity index (χ1n) is 26.6. The summed E-state index contributed by atoms with van der Waals surface area (Å²) in [7, 11) is 3.80. The van der Waals surface area contributed by atoms with Crippen LogP contribution in [0.2, 0.25) is 0 Å². The molecule has 8 saturated carbocycles. The van der Waals surface area contributed by atoms with Crippen LogP contribution in [0.25, 0.3) is 0 Å². The third-order valence-corrected chi connectivity index (χ3v) is 18.7. The topological polar surface area (TPSA) is 24.9 Å². The Kier molecular flexibility index (Phi) is 17.1. The van der Waals surface area contributed by atoms with Crippen LogP contribution >= 0.6 is 0 Å².